The molecule has 0 amide bonds. The molecule has 0 atom stereocenters. The van der Waals surface area contributed by atoms with Gasteiger partial charge in [0.2, 0.25) is 6.79 Å². The van der Waals surface area contributed by atoms with Crippen molar-refractivity contribution in [1.29, 1.82) is 0 Å². The molecule has 8 heteroatoms. The molecule has 0 spiro atoms. The number of carbonyl (C=O) groups is 2. The van der Waals surface area contributed by atoms with Crippen molar-refractivity contribution in [2.24, 2.45) is 0 Å². The molecule has 3 aromatic rings. The number of carboxylic acids is 1. The largest absolute Gasteiger partial charge is 1.00 e. The molecule has 0 aliphatic carbocycles. The number of anilines is 1. The summed E-state index contributed by atoms with van der Waals surface area (Å²) >= 11 is 0. The maximum Gasteiger partial charge on any atom is 1.00 e. The van der Waals surface area contributed by atoms with Gasteiger partial charge in [-0.05, 0) is 59.7 Å². The molecular formula is C25H22NNaO6. The van der Waals surface area contributed by atoms with E-state index >= 15 is 0 Å². The second-order valence-corrected chi connectivity index (χ2v) is 7.21. The number of hydrogen-bond acceptors (Lipinski definition) is 6. The fraction of sp³-hybridized carbons (Fsp3) is 0.120. The Morgan fingerprint density at radius 3 is 2.36 bits per heavy atom. The molecule has 0 saturated carbocycles. The minimum Gasteiger partial charge on any atom is -1.00 e. The molecule has 33 heavy (non-hydrogen) atoms. The van der Waals surface area contributed by atoms with E-state index in [0.717, 1.165) is 5.56 Å². The third-order valence-electron chi connectivity index (χ3n) is 5.14. The molecule has 164 valence electrons. The van der Waals surface area contributed by atoms with E-state index in [1.807, 2.05) is 0 Å². The maximum absolute atomic E-state index is 13.5. The number of fused-ring (bicyclic) bond motifs is 1. The van der Waals surface area contributed by atoms with Crippen molar-refractivity contribution in [1.82, 2.24) is 0 Å². The summed E-state index contributed by atoms with van der Waals surface area (Å²) < 4.78 is 15.9. The number of hydrogen-bond donors (Lipinski definition) is 2. The number of benzene rings is 3. The van der Waals surface area contributed by atoms with Gasteiger partial charge >= 0.3 is 35.5 Å². The van der Waals surface area contributed by atoms with Crippen LogP contribution in [0.15, 0.2) is 72.3 Å². The third-order valence-corrected chi connectivity index (χ3v) is 5.14. The first-order valence-electron chi connectivity index (χ1n) is 9.86. The molecule has 4 rings (SSSR count). The molecule has 0 aromatic heterocycles. The van der Waals surface area contributed by atoms with Crippen molar-refractivity contribution in [3.05, 3.63) is 89.0 Å². The third kappa shape index (κ3) is 5.39. The molecule has 0 fully saturated rings. The van der Waals surface area contributed by atoms with E-state index in [2.05, 4.69) is 0 Å². The first-order valence-corrected chi connectivity index (χ1v) is 9.86. The topological polar surface area (TPSA) is 108 Å². The fourth-order valence-corrected chi connectivity index (χ4v) is 3.58. The summed E-state index contributed by atoms with van der Waals surface area (Å²) in [6, 6.07) is 18.4. The van der Waals surface area contributed by atoms with Crippen LogP contribution >= 0.6 is 0 Å². The van der Waals surface area contributed by atoms with Crippen LogP contribution in [0.4, 0.5) is 5.69 Å². The zero-order chi connectivity index (χ0) is 22.7. The molecular weight excluding hydrogens is 433 g/mol. The second kappa shape index (κ2) is 10.6. The fourth-order valence-electron chi connectivity index (χ4n) is 3.58. The number of carboxylic acid groups (broad SMARTS) is 1. The normalized spacial score (nSPS) is 12.4. The molecule has 0 saturated heterocycles. The SMILES string of the molecule is COc1ccc(C(=O)C(Cc2cccc(N)c2)=C(C(=O)O)c2ccc3c(c2)OCO3)cc1.[H-].[Na+]. The van der Waals surface area contributed by atoms with Gasteiger partial charge < -0.3 is 26.5 Å². The van der Waals surface area contributed by atoms with Crippen LogP contribution in [0.5, 0.6) is 17.2 Å². The average Bonchev–Trinajstić information content (AvgIpc) is 3.26. The van der Waals surface area contributed by atoms with Crippen LogP contribution in [-0.2, 0) is 11.2 Å². The molecule has 1 heterocycles. The van der Waals surface area contributed by atoms with Gasteiger partial charge in [0.25, 0.3) is 0 Å². The van der Waals surface area contributed by atoms with Crippen molar-refractivity contribution in [3.8, 4) is 17.2 Å². The first-order chi connectivity index (χ1) is 15.5. The van der Waals surface area contributed by atoms with E-state index < -0.39 is 11.8 Å². The van der Waals surface area contributed by atoms with Gasteiger partial charge in [0.15, 0.2) is 17.3 Å². The average molecular weight is 455 g/mol. The minimum absolute atomic E-state index is 0. The summed E-state index contributed by atoms with van der Waals surface area (Å²) in [6.07, 6.45) is 0.0893. The van der Waals surface area contributed by atoms with E-state index in [-0.39, 0.29) is 55.3 Å². The Bertz CT molecular complexity index is 1230. The molecule has 0 unspecified atom stereocenters. The predicted molar refractivity (Wildman–Crippen MR) is 120 cm³/mol. The zero-order valence-electron chi connectivity index (χ0n) is 19.3. The van der Waals surface area contributed by atoms with E-state index in [0.29, 0.717) is 34.1 Å². The number of ketones is 1. The van der Waals surface area contributed by atoms with E-state index in [4.69, 9.17) is 19.9 Å². The van der Waals surface area contributed by atoms with Gasteiger partial charge in [-0.3, -0.25) is 4.79 Å². The van der Waals surface area contributed by atoms with Crippen LogP contribution in [-0.4, -0.2) is 30.8 Å². The van der Waals surface area contributed by atoms with E-state index in [9.17, 15) is 14.7 Å². The Morgan fingerprint density at radius 1 is 1.00 bits per heavy atom. The van der Waals surface area contributed by atoms with Crippen LogP contribution in [0, 0.1) is 0 Å². The molecule has 7 nitrogen and oxygen atoms in total. The number of carbonyl (C=O) groups excluding carboxylic acids is 1. The number of allylic oxidation sites excluding steroid dienone is 1. The van der Waals surface area contributed by atoms with Gasteiger partial charge in [0.05, 0.1) is 12.7 Å². The van der Waals surface area contributed by atoms with Crippen LogP contribution in [0.3, 0.4) is 0 Å². The summed E-state index contributed by atoms with van der Waals surface area (Å²) in [7, 11) is 1.53. The van der Waals surface area contributed by atoms with Crippen molar-refractivity contribution in [3.63, 3.8) is 0 Å². The number of methoxy groups -OCH3 is 1. The Kier molecular flexibility index (Phi) is 7.81. The summed E-state index contributed by atoms with van der Waals surface area (Å²) in [5.74, 6) is -0.0641. The first kappa shape index (κ1) is 24.4. The second-order valence-electron chi connectivity index (χ2n) is 7.21. The van der Waals surface area contributed by atoms with Crippen LogP contribution in [0.25, 0.3) is 5.57 Å². The predicted octanol–water partition coefficient (Wildman–Crippen LogP) is 1.09. The molecule has 0 radical (unpaired) electrons. The number of aliphatic carboxylic acids is 1. The number of rotatable bonds is 7. The van der Waals surface area contributed by atoms with Gasteiger partial charge in [-0.25, -0.2) is 4.79 Å². The number of ether oxygens (including phenoxy) is 3. The van der Waals surface area contributed by atoms with Crippen LogP contribution in [0.2, 0.25) is 0 Å². The van der Waals surface area contributed by atoms with Gasteiger partial charge in [-0.1, -0.05) is 18.2 Å². The minimum atomic E-state index is -1.22. The standard InChI is InChI=1S/C25H21NO6.Na.H/c1-30-19-8-5-16(6-9-19)24(27)20(12-15-3-2-4-18(26)11-15)23(25(28)29)17-7-10-21-22(13-17)32-14-31-21;;/h2-11,13H,12,14,26H2,1H3,(H,28,29);;/q;+1;-1. The number of Topliss-reactive ketones (excluding diaryl/α,β-unsaturated/α-hetero) is 1. The van der Waals surface area contributed by atoms with Crippen molar-refractivity contribution in [2.45, 2.75) is 6.42 Å². The van der Waals surface area contributed by atoms with Crippen molar-refractivity contribution in [2.75, 3.05) is 19.6 Å². The summed E-state index contributed by atoms with van der Waals surface area (Å²) in [6.45, 7) is 0.0613. The molecule has 1 aliphatic heterocycles. The quantitative estimate of drug-likeness (QED) is 0.238. The van der Waals surface area contributed by atoms with Gasteiger partial charge in [0.1, 0.15) is 5.75 Å². The Balaban J connectivity index is 0.00000204. The molecule has 1 aliphatic rings. The zero-order valence-corrected chi connectivity index (χ0v) is 20.3. The Hall–Kier alpha value is -3.26. The maximum atomic E-state index is 13.5. The molecule has 3 N–H and O–H groups in total. The van der Waals surface area contributed by atoms with Crippen molar-refractivity contribution < 1.29 is 59.9 Å². The van der Waals surface area contributed by atoms with Gasteiger partial charge in [-0.2, -0.15) is 0 Å². The summed E-state index contributed by atoms with van der Waals surface area (Å²) in [5, 5.41) is 10.1. The smallest absolute Gasteiger partial charge is 1.00 e. The monoisotopic (exact) mass is 455 g/mol. The Morgan fingerprint density at radius 2 is 1.70 bits per heavy atom. The van der Waals surface area contributed by atoms with E-state index in [1.54, 1.807) is 66.7 Å². The summed E-state index contributed by atoms with van der Waals surface area (Å²) in [4.78, 5) is 25.9. The molecule has 3 aromatic carbocycles. The number of nitrogen functional groups attached to an aromatic ring is 1. The Labute approximate surface area is 214 Å². The summed E-state index contributed by atoms with van der Waals surface area (Å²) in [5.41, 5.74) is 7.88. The van der Waals surface area contributed by atoms with Crippen molar-refractivity contribution >= 4 is 23.0 Å². The van der Waals surface area contributed by atoms with Gasteiger partial charge in [-0.15, -0.1) is 0 Å². The van der Waals surface area contributed by atoms with E-state index in [1.165, 1.54) is 7.11 Å². The van der Waals surface area contributed by atoms with Gasteiger partial charge in [0, 0.05) is 23.2 Å². The van der Waals surface area contributed by atoms with Crippen LogP contribution in [0.1, 0.15) is 22.9 Å². The number of nitrogens with two attached hydrogens (primary N) is 1. The van der Waals surface area contributed by atoms with Crippen LogP contribution < -0.4 is 49.5 Å². The molecule has 0 bridgehead atoms.